The van der Waals surface area contributed by atoms with Crippen LogP contribution in [-0.4, -0.2) is 61.3 Å². The SMILES string of the molecule is CCOC(=O)OC[C@H]1O[C@@H](Oc2ccccc2Cc2ccc(OC)cc2)C[C@@H](O)[C@@H]1O. The van der Waals surface area contributed by atoms with Crippen LogP contribution in [-0.2, 0) is 20.6 Å². The molecule has 1 aliphatic heterocycles. The summed E-state index contributed by atoms with van der Waals surface area (Å²) in [5.41, 5.74) is 2.02. The molecule has 1 aliphatic rings. The van der Waals surface area contributed by atoms with E-state index in [-0.39, 0.29) is 19.6 Å². The molecule has 2 N–H and O–H groups in total. The second-order valence-electron chi connectivity index (χ2n) is 7.14. The highest BCUT2D eigenvalue weighted by atomic mass is 16.7. The number of aliphatic hydroxyl groups excluding tert-OH is 2. The summed E-state index contributed by atoms with van der Waals surface area (Å²) in [5.74, 6) is 1.39. The summed E-state index contributed by atoms with van der Waals surface area (Å²) in [6.07, 6.45) is -4.19. The monoisotopic (exact) mass is 432 g/mol. The maximum Gasteiger partial charge on any atom is 0.508 e. The van der Waals surface area contributed by atoms with Gasteiger partial charge in [-0.2, -0.15) is 0 Å². The van der Waals surface area contributed by atoms with Gasteiger partial charge >= 0.3 is 6.16 Å². The highest BCUT2D eigenvalue weighted by Gasteiger charge is 2.38. The van der Waals surface area contributed by atoms with E-state index in [1.165, 1.54) is 0 Å². The van der Waals surface area contributed by atoms with Crippen LogP contribution in [0, 0.1) is 0 Å². The third-order valence-electron chi connectivity index (χ3n) is 4.95. The van der Waals surface area contributed by atoms with E-state index < -0.39 is 30.8 Å². The summed E-state index contributed by atoms with van der Waals surface area (Å²) in [6.45, 7) is 1.57. The summed E-state index contributed by atoms with van der Waals surface area (Å²) < 4.78 is 26.6. The number of methoxy groups -OCH3 is 1. The Morgan fingerprint density at radius 1 is 1.10 bits per heavy atom. The molecule has 0 radical (unpaired) electrons. The van der Waals surface area contributed by atoms with Crippen molar-refractivity contribution in [1.29, 1.82) is 0 Å². The van der Waals surface area contributed by atoms with Crippen molar-refractivity contribution in [2.75, 3.05) is 20.3 Å². The fourth-order valence-corrected chi connectivity index (χ4v) is 3.31. The third-order valence-corrected chi connectivity index (χ3v) is 4.95. The van der Waals surface area contributed by atoms with Crippen LogP contribution in [0.3, 0.4) is 0 Å². The summed E-state index contributed by atoms with van der Waals surface area (Å²) in [4.78, 5) is 11.4. The molecule has 0 amide bonds. The summed E-state index contributed by atoms with van der Waals surface area (Å²) >= 11 is 0. The predicted molar refractivity (Wildman–Crippen MR) is 111 cm³/mol. The molecule has 3 rings (SSSR count). The predicted octanol–water partition coefficient (Wildman–Crippen LogP) is 2.67. The first kappa shape index (κ1) is 22.9. The molecule has 2 aromatic rings. The first-order valence-electron chi connectivity index (χ1n) is 10.2. The van der Waals surface area contributed by atoms with Crippen LogP contribution >= 0.6 is 0 Å². The first-order valence-corrected chi connectivity index (χ1v) is 10.2. The quantitative estimate of drug-likeness (QED) is 0.614. The van der Waals surface area contributed by atoms with Crippen LogP contribution < -0.4 is 9.47 Å². The lowest BCUT2D eigenvalue weighted by atomic mass is 10.0. The van der Waals surface area contributed by atoms with Crippen molar-refractivity contribution in [3.8, 4) is 11.5 Å². The summed E-state index contributed by atoms with van der Waals surface area (Å²) in [7, 11) is 1.62. The molecule has 168 valence electrons. The van der Waals surface area contributed by atoms with E-state index in [4.69, 9.17) is 23.7 Å². The van der Waals surface area contributed by atoms with Crippen molar-refractivity contribution >= 4 is 6.16 Å². The van der Waals surface area contributed by atoms with Crippen molar-refractivity contribution in [1.82, 2.24) is 0 Å². The maximum atomic E-state index is 11.4. The second-order valence-corrected chi connectivity index (χ2v) is 7.14. The second kappa shape index (κ2) is 11.0. The zero-order chi connectivity index (χ0) is 22.2. The van der Waals surface area contributed by atoms with Crippen LogP contribution in [0.1, 0.15) is 24.5 Å². The van der Waals surface area contributed by atoms with Gasteiger partial charge in [0.1, 0.15) is 30.3 Å². The van der Waals surface area contributed by atoms with Crippen molar-refractivity contribution in [2.24, 2.45) is 0 Å². The molecule has 31 heavy (non-hydrogen) atoms. The lowest BCUT2D eigenvalue weighted by Gasteiger charge is -2.36. The van der Waals surface area contributed by atoms with Gasteiger partial charge < -0.3 is 33.9 Å². The lowest BCUT2D eigenvalue weighted by molar-refractivity contribution is -0.231. The first-order chi connectivity index (χ1) is 15.0. The van der Waals surface area contributed by atoms with Crippen LogP contribution in [0.5, 0.6) is 11.5 Å². The van der Waals surface area contributed by atoms with Gasteiger partial charge in [0.15, 0.2) is 0 Å². The number of aliphatic hydroxyl groups is 2. The Morgan fingerprint density at radius 3 is 2.55 bits per heavy atom. The molecule has 8 nitrogen and oxygen atoms in total. The Morgan fingerprint density at radius 2 is 1.84 bits per heavy atom. The minimum atomic E-state index is -1.20. The molecule has 0 unspecified atom stereocenters. The zero-order valence-electron chi connectivity index (χ0n) is 17.6. The number of ether oxygens (including phenoxy) is 5. The number of hydrogen-bond acceptors (Lipinski definition) is 8. The van der Waals surface area contributed by atoms with Gasteiger partial charge in [0.2, 0.25) is 6.29 Å². The Labute approximate surface area is 181 Å². The number of carbonyl (C=O) groups excluding carboxylic acids is 1. The van der Waals surface area contributed by atoms with E-state index >= 15 is 0 Å². The number of carbonyl (C=O) groups is 1. The number of benzene rings is 2. The van der Waals surface area contributed by atoms with Gasteiger partial charge in [-0.25, -0.2) is 4.79 Å². The van der Waals surface area contributed by atoms with E-state index in [1.54, 1.807) is 14.0 Å². The largest absolute Gasteiger partial charge is 0.508 e. The molecule has 1 saturated heterocycles. The van der Waals surface area contributed by atoms with E-state index in [2.05, 4.69) is 0 Å². The fraction of sp³-hybridized carbons (Fsp3) is 0.435. The van der Waals surface area contributed by atoms with Gasteiger partial charge in [-0.1, -0.05) is 30.3 Å². The van der Waals surface area contributed by atoms with Crippen LogP contribution in [0.25, 0.3) is 0 Å². The van der Waals surface area contributed by atoms with Gasteiger partial charge in [-0.15, -0.1) is 0 Å². The Balaban J connectivity index is 1.66. The highest BCUT2D eigenvalue weighted by Crippen LogP contribution is 2.28. The molecule has 1 heterocycles. The molecule has 0 saturated carbocycles. The van der Waals surface area contributed by atoms with Crippen molar-refractivity contribution in [3.05, 3.63) is 59.7 Å². The van der Waals surface area contributed by atoms with E-state index in [0.717, 1.165) is 16.9 Å². The minimum Gasteiger partial charge on any atom is -0.497 e. The lowest BCUT2D eigenvalue weighted by Crippen LogP contribution is -2.51. The summed E-state index contributed by atoms with van der Waals surface area (Å²) in [5, 5.41) is 20.4. The van der Waals surface area contributed by atoms with Gasteiger partial charge in [0, 0.05) is 12.8 Å². The van der Waals surface area contributed by atoms with Gasteiger partial charge in [-0.3, -0.25) is 0 Å². The Bertz CT molecular complexity index is 838. The van der Waals surface area contributed by atoms with Crippen LogP contribution in [0.4, 0.5) is 4.79 Å². The van der Waals surface area contributed by atoms with Gasteiger partial charge in [-0.05, 0) is 36.2 Å². The van der Waals surface area contributed by atoms with Gasteiger partial charge in [0.25, 0.3) is 0 Å². The average Bonchev–Trinajstić information content (AvgIpc) is 2.77. The maximum absolute atomic E-state index is 11.4. The molecule has 0 bridgehead atoms. The molecule has 0 spiro atoms. The molecule has 8 heteroatoms. The third kappa shape index (κ3) is 6.33. The van der Waals surface area contributed by atoms with E-state index in [9.17, 15) is 15.0 Å². The molecule has 4 atom stereocenters. The molecule has 2 aromatic carbocycles. The number of rotatable bonds is 8. The van der Waals surface area contributed by atoms with Crippen LogP contribution in [0.15, 0.2) is 48.5 Å². The molecular weight excluding hydrogens is 404 g/mol. The smallest absolute Gasteiger partial charge is 0.497 e. The fourth-order valence-electron chi connectivity index (χ4n) is 3.31. The summed E-state index contributed by atoms with van der Waals surface area (Å²) in [6, 6.07) is 15.3. The number of para-hydroxylation sites is 1. The normalized spacial score (nSPS) is 23.1. The minimum absolute atomic E-state index is 0.0773. The standard InChI is InChI=1S/C23H28O8/c1-3-28-23(26)29-14-20-22(25)18(24)13-21(31-20)30-19-7-5-4-6-16(19)12-15-8-10-17(27-2)11-9-15/h4-11,18,20-22,24-25H,3,12-14H2,1-2H3/t18-,20-,21-,22+/m1/s1. The zero-order valence-corrected chi connectivity index (χ0v) is 17.6. The Kier molecular flexibility index (Phi) is 8.11. The molecule has 0 aliphatic carbocycles. The number of hydrogen-bond donors (Lipinski definition) is 2. The van der Waals surface area contributed by atoms with E-state index in [1.807, 2.05) is 48.5 Å². The molecular formula is C23H28O8. The van der Waals surface area contributed by atoms with E-state index in [0.29, 0.717) is 12.2 Å². The highest BCUT2D eigenvalue weighted by molar-refractivity contribution is 5.59. The van der Waals surface area contributed by atoms with Crippen molar-refractivity contribution in [2.45, 2.75) is 44.4 Å². The molecule has 1 fully saturated rings. The van der Waals surface area contributed by atoms with Gasteiger partial charge in [0.05, 0.1) is 19.8 Å². The Hall–Kier alpha value is -2.81. The van der Waals surface area contributed by atoms with Crippen molar-refractivity contribution in [3.63, 3.8) is 0 Å². The average molecular weight is 432 g/mol. The molecule has 0 aromatic heterocycles. The van der Waals surface area contributed by atoms with Crippen molar-refractivity contribution < 1.29 is 38.7 Å². The van der Waals surface area contributed by atoms with Crippen LogP contribution in [0.2, 0.25) is 0 Å². The topological polar surface area (TPSA) is 104 Å².